The number of carbonyl (C=O) groups is 3. The zero-order valence-electron chi connectivity index (χ0n) is 37.8. The van der Waals surface area contributed by atoms with Crippen LogP contribution in [0.5, 0.6) is 0 Å². The lowest BCUT2D eigenvalue weighted by Crippen LogP contribution is -2.30. The Balaban J connectivity index is 4.73. The maximum Gasteiger partial charge on any atom is 0.306 e. The summed E-state index contributed by atoms with van der Waals surface area (Å²) in [5.74, 6) is -1.19. The van der Waals surface area contributed by atoms with Gasteiger partial charge in [-0.05, 0) is 83.5 Å². The summed E-state index contributed by atoms with van der Waals surface area (Å²) >= 11 is 0. The Bertz CT molecular complexity index is 1520. The number of hydrogen-bond acceptors (Lipinski definition) is 6. The van der Waals surface area contributed by atoms with E-state index in [1.54, 1.807) is 0 Å². The molecule has 0 amide bonds. The first-order valence-corrected chi connectivity index (χ1v) is 22.8. The van der Waals surface area contributed by atoms with E-state index in [0.717, 1.165) is 44.9 Å². The van der Waals surface area contributed by atoms with E-state index in [2.05, 4.69) is 81.5 Å². The fourth-order valence-corrected chi connectivity index (χ4v) is 5.08. The molecule has 0 saturated carbocycles. The second kappa shape index (κ2) is 47.4. The summed E-state index contributed by atoms with van der Waals surface area (Å²) < 4.78 is 16.5. The molecule has 0 spiro atoms. The summed E-state index contributed by atoms with van der Waals surface area (Å²) in [6.45, 7) is 6.09. The zero-order valence-corrected chi connectivity index (χ0v) is 37.8. The van der Waals surface area contributed by atoms with Crippen LogP contribution in [0.4, 0.5) is 0 Å². The van der Waals surface area contributed by atoms with Crippen molar-refractivity contribution in [1.82, 2.24) is 0 Å². The molecule has 0 aliphatic carbocycles. The normalized spacial score (nSPS) is 13.7. The molecule has 0 aromatic rings. The predicted octanol–water partition coefficient (Wildman–Crippen LogP) is 14.9. The summed E-state index contributed by atoms with van der Waals surface area (Å²) in [6.07, 6.45) is 70.7. The largest absolute Gasteiger partial charge is 0.462 e. The number of unbranched alkanes of at least 4 members (excludes halogenated alkanes) is 6. The Morgan fingerprint density at radius 2 is 0.689 bits per heavy atom. The Labute approximate surface area is 371 Å². The summed E-state index contributed by atoms with van der Waals surface area (Å²) in [4.78, 5) is 37.7. The highest BCUT2D eigenvalue weighted by atomic mass is 16.6. The predicted molar refractivity (Wildman–Crippen MR) is 260 cm³/mol. The number of allylic oxidation sites excluding steroid dienone is 28. The third kappa shape index (κ3) is 45.7. The van der Waals surface area contributed by atoms with Gasteiger partial charge >= 0.3 is 17.9 Å². The molecule has 6 heteroatoms. The molecule has 0 aromatic carbocycles. The monoisotopic (exact) mass is 835 g/mol. The van der Waals surface area contributed by atoms with Crippen molar-refractivity contribution in [3.05, 3.63) is 170 Å². The topological polar surface area (TPSA) is 78.9 Å². The van der Waals surface area contributed by atoms with Crippen LogP contribution in [-0.2, 0) is 28.6 Å². The lowest BCUT2D eigenvalue weighted by molar-refractivity contribution is -0.166. The fraction of sp³-hybridized carbons (Fsp3) is 0.436. The first-order valence-electron chi connectivity index (χ1n) is 22.8. The maximum atomic E-state index is 12.7. The van der Waals surface area contributed by atoms with Crippen LogP contribution in [0.1, 0.15) is 136 Å². The molecule has 0 aliphatic heterocycles. The lowest BCUT2D eigenvalue weighted by atomic mass is 10.2. The van der Waals surface area contributed by atoms with Crippen LogP contribution in [0.2, 0.25) is 0 Å². The molecule has 0 saturated heterocycles. The molecular formula is C55H78O6. The molecule has 0 N–H and O–H groups in total. The number of hydrogen-bond donors (Lipinski definition) is 0. The van der Waals surface area contributed by atoms with Gasteiger partial charge in [-0.2, -0.15) is 0 Å². The van der Waals surface area contributed by atoms with E-state index in [-0.39, 0.29) is 44.4 Å². The van der Waals surface area contributed by atoms with Gasteiger partial charge in [0, 0.05) is 19.3 Å². The molecule has 0 aromatic heterocycles. The second-order valence-corrected chi connectivity index (χ2v) is 14.1. The van der Waals surface area contributed by atoms with Gasteiger partial charge in [0.15, 0.2) is 6.10 Å². The number of carbonyl (C=O) groups excluding carboxylic acids is 3. The summed E-state index contributed by atoms with van der Waals surface area (Å²) in [7, 11) is 0. The van der Waals surface area contributed by atoms with Gasteiger partial charge in [-0.3, -0.25) is 14.4 Å². The molecule has 61 heavy (non-hydrogen) atoms. The highest BCUT2D eigenvalue weighted by Crippen LogP contribution is 2.08. The quantitative estimate of drug-likeness (QED) is 0.0204. The highest BCUT2D eigenvalue weighted by Gasteiger charge is 2.19. The molecule has 0 aliphatic rings. The van der Waals surface area contributed by atoms with E-state index >= 15 is 0 Å². The molecule has 0 fully saturated rings. The third-order valence-electron chi connectivity index (χ3n) is 8.44. The van der Waals surface area contributed by atoms with E-state index < -0.39 is 12.1 Å². The van der Waals surface area contributed by atoms with Crippen LogP contribution in [0, 0.1) is 0 Å². The minimum Gasteiger partial charge on any atom is -0.462 e. The average molecular weight is 835 g/mol. The van der Waals surface area contributed by atoms with Crippen LogP contribution in [0.15, 0.2) is 170 Å². The highest BCUT2D eigenvalue weighted by molar-refractivity contribution is 5.71. The van der Waals surface area contributed by atoms with Crippen molar-refractivity contribution in [3.8, 4) is 0 Å². The lowest BCUT2D eigenvalue weighted by Gasteiger charge is -2.18. The van der Waals surface area contributed by atoms with Gasteiger partial charge in [0.2, 0.25) is 0 Å². The van der Waals surface area contributed by atoms with E-state index in [9.17, 15) is 14.4 Å². The van der Waals surface area contributed by atoms with Gasteiger partial charge in [0.05, 0.1) is 0 Å². The first-order chi connectivity index (χ1) is 30.0. The second-order valence-electron chi connectivity index (χ2n) is 14.1. The number of esters is 3. The van der Waals surface area contributed by atoms with Crippen molar-refractivity contribution in [2.45, 2.75) is 142 Å². The van der Waals surface area contributed by atoms with Gasteiger partial charge in [-0.1, -0.05) is 204 Å². The van der Waals surface area contributed by atoms with E-state index in [1.165, 1.54) is 25.7 Å². The van der Waals surface area contributed by atoms with Crippen molar-refractivity contribution in [3.63, 3.8) is 0 Å². The van der Waals surface area contributed by atoms with Crippen molar-refractivity contribution in [2.24, 2.45) is 0 Å². The third-order valence-corrected chi connectivity index (χ3v) is 8.44. The SMILES string of the molecule is CC\C=C/C=C\C=C/C=C\C=C/CCCC(=O)OCC(COC(=O)CCC/C=C\C/C=C\C/C=C\C/C=C\CCCCC)OC(=O)CCC\C=C/C=C\C=C/C=C\C=C/CC. The van der Waals surface area contributed by atoms with Crippen LogP contribution in [-0.4, -0.2) is 37.2 Å². The Kier molecular flexibility index (Phi) is 43.4. The minimum atomic E-state index is -0.874. The fourth-order valence-electron chi connectivity index (χ4n) is 5.08. The standard InChI is InChI=1S/C55H78O6/c1-4-7-10-13-16-19-22-25-26-27-28-31-33-36-39-42-45-48-54(57)60-51-52(61-55(58)49-46-43-40-37-34-30-24-21-18-15-12-9-6-3)50-59-53(56)47-44-41-38-35-32-29-23-20-17-14-11-8-5-2/h8-9,11-12,14-21,23-26,28-32,34-40,52H,4-7,10,13,22,27,33,41-51H2,1-3H3/b11-8-,12-9-,17-14-,18-15-,19-16-,23-20-,24-21-,26-25-,31-28-,32-29-,34-30-,38-35-,39-36-,40-37-. The van der Waals surface area contributed by atoms with Crippen molar-refractivity contribution in [1.29, 1.82) is 0 Å². The van der Waals surface area contributed by atoms with Crippen LogP contribution in [0.3, 0.4) is 0 Å². The summed E-state index contributed by atoms with van der Waals surface area (Å²) in [5.41, 5.74) is 0. The molecule has 334 valence electrons. The molecule has 0 heterocycles. The molecule has 1 unspecified atom stereocenters. The zero-order chi connectivity index (χ0) is 44.4. The summed E-state index contributed by atoms with van der Waals surface area (Å²) in [6, 6.07) is 0. The Morgan fingerprint density at radius 1 is 0.361 bits per heavy atom. The average Bonchev–Trinajstić information content (AvgIpc) is 3.26. The molecule has 0 bridgehead atoms. The van der Waals surface area contributed by atoms with Crippen molar-refractivity contribution in [2.75, 3.05) is 13.2 Å². The van der Waals surface area contributed by atoms with Crippen molar-refractivity contribution >= 4 is 17.9 Å². The van der Waals surface area contributed by atoms with Crippen molar-refractivity contribution < 1.29 is 28.6 Å². The molecular weight excluding hydrogens is 757 g/mol. The van der Waals surface area contributed by atoms with Crippen LogP contribution >= 0.6 is 0 Å². The van der Waals surface area contributed by atoms with E-state index in [1.807, 2.05) is 109 Å². The Morgan fingerprint density at radius 3 is 1.08 bits per heavy atom. The molecule has 1 atom stereocenters. The van der Waals surface area contributed by atoms with Crippen LogP contribution < -0.4 is 0 Å². The van der Waals surface area contributed by atoms with Gasteiger partial charge in [-0.15, -0.1) is 0 Å². The smallest absolute Gasteiger partial charge is 0.306 e. The molecule has 6 nitrogen and oxygen atoms in total. The minimum absolute atomic E-state index is 0.167. The van der Waals surface area contributed by atoms with E-state index in [0.29, 0.717) is 25.7 Å². The summed E-state index contributed by atoms with van der Waals surface area (Å²) in [5, 5.41) is 0. The number of rotatable bonds is 37. The number of ether oxygens (including phenoxy) is 3. The van der Waals surface area contributed by atoms with Gasteiger partial charge in [-0.25, -0.2) is 0 Å². The maximum absolute atomic E-state index is 12.7. The van der Waals surface area contributed by atoms with Gasteiger partial charge in [0.25, 0.3) is 0 Å². The Hall–Kier alpha value is -5.23. The van der Waals surface area contributed by atoms with Gasteiger partial charge < -0.3 is 14.2 Å². The first kappa shape index (κ1) is 55.8. The van der Waals surface area contributed by atoms with E-state index in [4.69, 9.17) is 14.2 Å². The van der Waals surface area contributed by atoms with Crippen LogP contribution in [0.25, 0.3) is 0 Å². The van der Waals surface area contributed by atoms with Gasteiger partial charge in [0.1, 0.15) is 13.2 Å². The molecule has 0 radical (unpaired) electrons. The molecule has 0 rings (SSSR count).